The second kappa shape index (κ2) is 4.52. The number of hydrogen-bond acceptors (Lipinski definition) is 3. The number of amides is 1. The maximum Gasteiger partial charge on any atom is 0.232 e. The molecule has 0 N–H and O–H groups in total. The van der Waals surface area contributed by atoms with E-state index in [1.54, 1.807) is 24.9 Å². The molecule has 0 fully saturated rings. The van der Waals surface area contributed by atoms with Crippen LogP contribution < -0.4 is 9.21 Å². The van der Waals surface area contributed by atoms with E-state index < -0.39 is 10.0 Å². The van der Waals surface area contributed by atoms with Crippen molar-refractivity contribution in [2.24, 2.45) is 0 Å². The van der Waals surface area contributed by atoms with Gasteiger partial charge in [0.1, 0.15) is 0 Å². The maximum atomic E-state index is 11.8. The summed E-state index contributed by atoms with van der Waals surface area (Å²) in [6.45, 7) is 4.06. The number of aryl methyl sites for hydroxylation is 1. The summed E-state index contributed by atoms with van der Waals surface area (Å²) in [6.07, 6.45) is 1.53. The van der Waals surface area contributed by atoms with Crippen molar-refractivity contribution in [3.8, 4) is 0 Å². The van der Waals surface area contributed by atoms with Crippen LogP contribution in [0.25, 0.3) is 0 Å². The summed E-state index contributed by atoms with van der Waals surface area (Å²) in [6, 6.07) is 3.62. The van der Waals surface area contributed by atoms with E-state index in [2.05, 4.69) is 0 Å². The molecule has 0 aromatic heterocycles. The molecule has 1 heterocycles. The summed E-state index contributed by atoms with van der Waals surface area (Å²) in [5.41, 5.74) is 3.34. The monoisotopic (exact) mass is 282 g/mol. The Hall–Kier alpha value is -1.56. The number of benzene rings is 1. The molecule has 1 amide bonds. The lowest BCUT2D eigenvalue weighted by molar-refractivity contribution is -0.117. The molecule has 0 saturated carbocycles. The first-order valence-electron chi connectivity index (χ1n) is 6.13. The summed E-state index contributed by atoms with van der Waals surface area (Å²) in [7, 11) is -1.55. The Kier molecular flexibility index (Phi) is 3.30. The SMILES string of the molecule is CCN(c1cc(C)c2c(c1)CC(=O)N2C)S(C)(=O)=O. The van der Waals surface area contributed by atoms with Crippen LogP contribution in [0.15, 0.2) is 12.1 Å². The highest BCUT2D eigenvalue weighted by Crippen LogP contribution is 2.35. The molecule has 0 atom stereocenters. The minimum atomic E-state index is -3.29. The van der Waals surface area contributed by atoms with Gasteiger partial charge in [0.05, 0.1) is 24.1 Å². The van der Waals surface area contributed by atoms with Crippen LogP contribution in [-0.4, -0.2) is 34.2 Å². The number of likely N-dealkylation sites (N-methyl/N-ethyl adjacent to an activating group) is 1. The van der Waals surface area contributed by atoms with Gasteiger partial charge >= 0.3 is 0 Å². The number of fused-ring (bicyclic) bond motifs is 1. The van der Waals surface area contributed by atoms with Gasteiger partial charge in [-0.3, -0.25) is 9.10 Å². The van der Waals surface area contributed by atoms with E-state index in [0.717, 1.165) is 16.8 Å². The highest BCUT2D eigenvalue weighted by Gasteiger charge is 2.27. The van der Waals surface area contributed by atoms with Crippen LogP contribution in [0.1, 0.15) is 18.1 Å². The van der Waals surface area contributed by atoms with Crippen molar-refractivity contribution >= 4 is 27.3 Å². The van der Waals surface area contributed by atoms with Crippen LogP contribution in [0, 0.1) is 6.92 Å². The summed E-state index contributed by atoms with van der Waals surface area (Å²) in [5, 5.41) is 0. The predicted octanol–water partition coefficient (Wildman–Crippen LogP) is 1.30. The smallest absolute Gasteiger partial charge is 0.232 e. The van der Waals surface area contributed by atoms with Gasteiger partial charge in [-0.05, 0) is 37.1 Å². The molecular weight excluding hydrogens is 264 g/mol. The van der Waals surface area contributed by atoms with Crippen LogP contribution >= 0.6 is 0 Å². The van der Waals surface area contributed by atoms with Crippen molar-refractivity contribution in [3.05, 3.63) is 23.3 Å². The molecule has 0 saturated heterocycles. The lowest BCUT2D eigenvalue weighted by Crippen LogP contribution is -2.29. The first kappa shape index (κ1) is 13.9. The molecule has 1 aliphatic heterocycles. The van der Waals surface area contributed by atoms with Crippen molar-refractivity contribution in [1.29, 1.82) is 0 Å². The third kappa shape index (κ3) is 2.32. The van der Waals surface area contributed by atoms with Gasteiger partial charge in [-0.25, -0.2) is 8.42 Å². The van der Waals surface area contributed by atoms with E-state index in [9.17, 15) is 13.2 Å². The second-order valence-electron chi connectivity index (χ2n) is 4.83. The van der Waals surface area contributed by atoms with Crippen LogP contribution in [-0.2, 0) is 21.2 Å². The Balaban J connectivity index is 2.56. The standard InChI is InChI=1S/C13H18N2O3S/c1-5-15(19(4,17)18)11-6-9(2)13-10(7-11)8-12(16)14(13)3/h6-7H,5,8H2,1-4H3. The van der Waals surface area contributed by atoms with E-state index in [4.69, 9.17) is 0 Å². The number of nitrogens with zero attached hydrogens (tertiary/aromatic N) is 2. The molecule has 6 heteroatoms. The molecule has 0 bridgehead atoms. The van der Waals surface area contributed by atoms with Gasteiger partial charge in [0.15, 0.2) is 0 Å². The van der Waals surface area contributed by atoms with Crippen LogP contribution in [0.4, 0.5) is 11.4 Å². The summed E-state index contributed by atoms with van der Waals surface area (Å²) < 4.78 is 24.9. The fourth-order valence-electron chi connectivity index (χ4n) is 2.61. The van der Waals surface area contributed by atoms with Gasteiger partial charge in [0.2, 0.25) is 15.9 Å². The molecule has 0 aliphatic carbocycles. The highest BCUT2D eigenvalue weighted by molar-refractivity contribution is 7.92. The average molecular weight is 282 g/mol. The first-order chi connectivity index (χ1) is 8.75. The predicted molar refractivity (Wildman–Crippen MR) is 76.2 cm³/mol. The summed E-state index contributed by atoms with van der Waals surface area (Å²) in [4.78, 5) is 13.4. The zero-order chi connectivity index (χ0) is 14.4. The highest BCUT2D eigenvalue weighted by atomic mass is 32.2. The molecule has 104 valence electrons. The number of rotatable bonds is 3. The number of carbonyl (C=O) groups is 1. The van der Waals surface area contributed by atoms with Crippen molar-refractivity contribution in [1.82, 2.24) is 0 Å². The zero-order valence-electron chi connectivity index (χ0n) is 11.6. The molecular formula is C13H18N2O3S. The zero-order valence-corrected chi connectivity index (χ0v) is 12.4. The Morgan fingerprint density at radius 2 is 2.00 bits per heavy atom. The number of sulfonamides is 1. The third-order valence-electron chi connectivity index (χ3n) is 3.39. The number of hydrogen-bond donors (Lipinski definition) is 0. The minimum absolute atomic E-state index is 0.0395. The molecule has 1 aromatic carbocycles. The van der Waals surface area contributed by atoms with Crippen molar-refractivity contribution in [3.63, 3.8) is 0 Å². The van der Waals surface area contributed by atoms with Crippen LogP contribution in [0.3, 0.4) is 0 Å². The topological polar surface area (TPSA) is 57.7 Å². The molecule has 0 unspecified atom stereocenters. The van der Waals surface area contributed by atoms with Crippen molar-refractivity contribution in [2.75, 3.05) is 29.1 Å². The van der Waals surface area contributed by atoms with E-state index in [1.165, 1.54) is 10.6 Å². The first-order valence-corrected chi connectivity index (χ1v) is 7.98. The Morgan fingerprint density at radius 1 is 1.37 bits per heavy atom. The lowest BCUT2D eigenvalue weighted by Gasteiger charge is -2.22. The number of anilines is 2. The molecule has 1 aliphatic rings. The normalized spacial score (nSPS) is 14.7. The van der Waals surface area contributed by atoms with E-state index in [-0.39, 0.29) is 5.91 Å². The fraction of sp³-hybridized carbons (Fsp3) is 0.462. The van der Waals surface area contributed by atoms with Gasteiger partial charge in [0.25, 0.3) is 0 Å². The van der Waals surface area contributed by atoms with Gasteiger partial charge in [-0.2, -0.15) is 0 Å². The minimum Gasteiger partial charge on any atom is -0.315 e. The Labute approximate surface area is 113 Å². The Morgan fingerprint density at radius 3 is 2.53 bits per heavy atom. The van der Waals surface area contributed by atoms with E-state index >= 15 is 0 Å². The van der Waals surface area contributed by atoms with E-state index in [0.29, 0.717) is 18.7 Å². The van der Waals surface area contributed by atoms with Crippen LogP contribution in [0.2, 0.25) is 0 Å². The number of carbonyl (C=O) groups excluding carboxylic acids is 1. The summed E-state index contributed by atoms with van der Waals surface area (Å²) in [5.74, 6) is 0.0395. The largest absolute Gasteiger partial charge is 0.315 e. The van der Waals surface area contributed by atoms with E-state index in [1.807, 2.05) is 13.0 Å². The van der Waals surface area contributed by atoms with Gasteiger partial charge in [0, 0.05) is 13.6 Å². The quantitative estimate of drug-likeness (QED) is 0.839. The third-order valence-corrected chi connectivity index (χ3v) is 4.66. The van der Waals surface area contributed by atoms with Gasteiger partial charge < -0.3 is 4.90 Å². The van der Waals surface area contributed by atoms with Gasteiger partial charge in [-0.15, -0.1) is 0 Å². The van der Waals surface area contributed by atoms with Crippen molar-refractivity contribution < 1.29 is 13.2 Å². The second-order valence-corrected chi connectivity index (χ2v) is 6.73. The van der Waals surface area contributed by atoms with Crippen LogP contribution in [0.5, 0.6) is 0 Å². The molecule has 2 rings (SSSR count). The maximum absolute atomic E-state index is 11.8. The fourth-order valence-corrected chi connectivity index (χ4v) is 3.56. The molecule has 5 nitrogen and oxygen atoms in total. The van der Waals surface area contributed by atoms with Gasteiger partial charge in [-0.1, -0.05) is 0 Å². The Bertz CT molecular complexity index is 638. The summed E-state index contributed by atoms with van der Waals surface area (Å²) >= 11 is 0. The molecule has 0 spiro atoms. The molecule has 0 radical (unpaired) electrons. The molecule has 1 aromatic rings. The van der Waals surface area contributed by atoms with Crippen molar-refractivity contribution in [2.45, 2.75) is 20.3 Å². The average Bonchev–Trinajstić information content (AvgIpc) is 2.53. The molecule has 19 heavy (non-hydrogen) atoms. The lowest BCUT2D eigenvalue weighted by atomic mass is 10.1.